The fraction of sp³-hybridized carbons (Fsp3) is 0.824. The average Bonchev–Trinajstić information content (AvgIpc) is 3.19. The Bertz CT molecular complexity index is 518. The summed E-state index contributed by atoms with van der Waals surface area (Å²) >= 11 is 0. The third-order valence-electron chi connectivity index (χ3n) is 5.71. The van der Waals surface area contributed by atoms with Gasteiger partial charge in [-0.05, 0) is 51.9 Å². The van der Waals surface area contributed by atoms with Gasteiger partial charge in [-0.2, -0.15) is 5.10 Å². The lowest BCUT2D eigenvalue weighted by Crippen LogP contribution is -2.28. The molecule has 4 heteroatoms. The number of nitrogens with one attached hydrogen (secondary N) is 1. The highest BCUT2D eigenvalue weighted by Gasteiger charge is 2.35. The Kier molecular flexibility index (Phi) is 3.44. The molecule has 2 aliphatic heterocycles. The van der Waals surface area contributed by atoms with E-state index in [9.17, 15) is 0 Å². The molecule has 0 aromatic carbocycles. The van der Waals surface area contributed by atoms with Crippen molar-refractivity contribution in [3.05, 3.63) is 11.3 Å². The highest BCUT2D eigenvalue weighted by molar-refractivity contribution is 5.49. The monoisotopic (exact) mass is 289 g/mol. The van der Waals surface area contributed by atoms with Crippen LogP contribution in [0, 0.1) is 12.8 Å². The third kappa shape index (κ3) is 2.28. The molecular formula is C17H27N3O. The molecule has 116 valence electrons. The molecule has 1 saturated carbocycles. The Hall–Kier alpha value is -1.03. The van der Waals surface area contributed by atoms with E-state index in [1.807, 2.05) is 0 Å². The van der Waals surface area contributed by atoms with Crippen LogP contribution in [0.1, 0.15) is 75.3 Å². The molecule has 3 unspecified atom stereocenters. The molecule has 1 aromatic rings. The standard InChI is InChI=1S/C17H27N3O/c1-11-7-8-15(21-11)16-12(2)17-18-10-9-14(20(17)19-16)13-5-3-4-6-13/h11,13-15,18H,3-10H2,1-2H3. The molecule has 1 aliphatic carbocycles. The van der Waals surface area contributed by atoms with Crippen LogP contribution in [0.3, 0.4) is 0 Å². The van der Waals surface area contributed by atoms with Crippen molar-refractivity contribution in [3.8, 4) is 0 Å². The van der Waals surface area contributed by atoms with Crippen LogP contribution in [0.5, 0.6) is 0 Å². The first kappa shape index (κ1) is 13.6. The second kappa shape index (κ2) is 5.31. The van der Waals surface area contributed by atoms with Gasteiger partial charge in [0, 0.05) is 12.1 Å². The molecule has 2 fully saturated rings. The number of anilines is 1. The first-order chi connectivity index (χ1) is 10.2. The fourth-order valence-corrected chi connectivity index (χ4v) is 4.54. The fourth-order valence-electron chi connectivity index (χ4n) is 4.54. The normalized spacial score (nSPS) is 33.1. The van der Waals surface area contributed by atoms with Crippen molar-refractivity contribution in [1.82, 2.24) is 9.78 Å². The van der Waals surface area contributed by atoms with Crippen molar-refractivity contribution in [3.63, 3.8) is 0 Å². The molecule has 0 spiro atoms. The van der Waals surface area contributed by atoms with E-state index in [4.69, 9.17) is 9.84 Å². The van der Waals surface area contributed by atoms with E-state index in [1.165, 1.54) is 49.2 Å². The number of hydrogen-bond acceptors (Lipinski definition) is 3. The van der Waals surface area contributed by atoms with Crippen LogP contribution >= 0.6 is 0 Å². The summed E-state index contributed by atoms with van der Waals surface area (Å²) in [7, 11) is 0. The van der Waals surface area contributed by atoms with Gasteiger partial charge in [0.05, 0.1) is 17.8 Å². The lowest BCUT2D eigenvalue weighted by atomic mass is 9.94. The summed E-state index contributed by atoms with van der Waals surface area (Å²) in [6.07, 6.45) is 9.67. The molecule has 4 nitrogen and oxygen atoms in total. The van der Waals surface area contributed by atoms with E-state index < -0.39 is 0 Å². The Morgan fingerprint density at radius 3 is 2.67 bits per heavy atom. The van der Waals surface area contributed by atoms with E-state index in [1.54, 1.807) is 0 Å². The molecule has 0 bridgehead atoms. The first-order valence-corrected chi connectivity index (χ1v) is 8.72. The number of hydrogen-bond donors (Lipinski definition) is 1. The Morgan fingerprint density at radius 1 is 1.14 bits per heavy atom. The minimum absolute atomic E-state index is 0.212. The second-order valence-electron chi connectivity index (χ2n) is 7.14. The Morgan fingerprint density at radius 2 is 1.95 bits per heavy atom. The number of fused-ring (bicyclic) bond motifs is 1. The summed E-state index contributed by atoms with van der Waals surface area (Å²) in [5.41, 5.74) is 2.50. The van der Waals surface area contributed by atoms with Gasteiger partial charge in [0.25, 0.3) is 0 Å². The maximum Gasteiger partial charge on any atom is 0.127 e. The molecule has 1 N–H and O–H groups in total. The van der Waals surface area contributed by atoms with Crippen LogP contribution in [0.2, 0.25) is 0 Å². The predicted octanol–water partition coefficient (Wildman–Crippen LogP) is 3.98. The Labute approximate surface area is 127 Å². The maximum absolute atomic E-state index is 6.06. The topological polar surface area (TPSA) is 39.1 Å². The molecule has 3 heterocycles. The second-order valence-corrected chi connectivity index (χ2v) is 7.14. The van der Waals surface area contributed by atoms with Crippen LogP contribution in [0.4, 0.5) is 5.82 Å². The van der Waals surface area contributed by atoms with E-state index in [2.05, 4.69) is 23.8 Å². The summed E-state index contributed by atoms with van der Waals surface area (Å²) in [6.45, 7) is 5.48. The highest BCUT2D eigenvalue weighted by Crippen LogP contribution is 2.42. The minimum atomic E-state index is 0.212. The van der Waals surface area contributed by atoms with Gasteiger partial charge in [0.2, 0.25) is 0 Å². The van der Waals surface area contributed by atoms with Gasteiger partial charge < -0.3 is 10.1 Å². The quantitative estimate of drug-likeness (QED) is 0.895. The predicted molar refractivity (Wildman–Crippen MR) is 83.6 cm³/mol. The largest absolute Gasteiger partial charge is 0.370 e. The van der Waals surface area contributed by atoms with E-state index in [0.29, 0.717) is 12.1 Å². The van der Waals surface area contributed by atoms with E-state index in [-0.39, 0.29) is 6.10 Å². The zero-order valence-corrected chi connectivity index (χ0v) is 13.3. The summed E-state index contributed by atoms with van der Waals surface area (Å²) in [4.78, 5) is 0. The maximum atomic E-state index is 6.06. The number of nitrogens with zero attached hydrogens (tertiary/aromatic N) is 2. The number of rotatable bonds is 2. The van der Waals surface area contributed by atoms with E-state index >= 15 is 0 Å². The summed E-state index contributed by atoms with van der Waals surface area (Å²) in [5, 5.41) is 8.61. The van der Waals surface area contributed by atoms with Gasteiger partial charge in [0.1, 0.15) is 11.9 Å². The average molecular weight is 289 g/mol. The molecule has 1 saturated heterocycles. The van der Waals surface area contributed by atoms with Crippen LogP contribution in [-0.2, 0) is 4.74 Å². The van der Waals surface area contributed by atoms with Gasteiger partial charge in [0.15, 0.2) is 0 Å². The summed E-state index contributed by atoms with van der Waals surface area (Å²) in [6, 6.07) is 0.607. The van der Waals surface area contributed by atoms with Gasteiger partial charge in [-0.25, -0.2) is 4.68 Å². The molecular weight excluding hydrogens is 262 g/mol. The summed E-state index contributed by atoms with van der Waals surface area (Å²) < 4.78 is 8.38. The molecule has 21 heavy (non-hydrogen) atoms. The van der Waals surface area contributed by atoms with Gasteiger partial charge in [-0.15, -0.1) is 0 Å². The van der Waals surface area contributed by atoms with Crippen molar-refractivity contribution < 1.29 is 4.74 Å². The van der Waals surface area contributed by atoms with Crippen LogP contribution in [-0.4, -0.2) is 22.4 Å². The van der Waals surface area contributed by atoms with Crippen LogP contribution in [0.15, 0.2) is 0 Å². The smallest absolute Gasteiger partial charge is 0.127 e. The van der Waals surface area contributed by atoms with Crippen LogP contribution < -0.4 is 5.32 Å². The summed E-state index contributed by atoms with van der Waals surface area (Å²) in [5.74, 6) is 2.10. The van der Waals surface area contributed by atoms with Gasteiger partial charge in [-0.3, -0.25) is 0 Å². The zero-order valence-electron chi connectivity index (χ0n) is 13.3. The minimum Gasteiger partial charge on any atom is -0.370 e. The zero-order chi connectivity index (χ0) is 14.4. The molecule has 4 rings (SSSR count). The molecule has 3 atom stereocenters. The number of aromatic nitrogens is 2. The van der Waals surface area contributed by atoms with Crippen molar-refractivity contribution in [2.24, 2.45) is 5.92 Å². The van der Waals surface area contributed by atoms with Crippen molar-refractivity contribution in [1.29, 1.82) is 0 Å². The van der Waals surface area contributed by atoms with Gasteiger partial charge in [-0.1, -0.05) is 12.8 Å². The van der Waals surface area contributed by atoms with Crippen LogP contribution in [0.25, 0.3) is 0 Å². The van der Waals surface area contributed by atoms with Crippen molar-refractivity contribution in [2.75, 3.05) is 11.9 Å². The molecule has 0 radical (unpaired) electrons. The molecule has 1 aromatic heterocycles. The van der Waals surface area contributed by atoms with Crippen molar-refractivity contribution >= 4 is 5.82 Å². The van der Waals surface area contributed by atoms with E-state index in [0.717, 1.165) is 25.3 Å². The lowest BCUT2D eigenvalue weighted by molar-refractivity contribution is 0.0520. The third-order valence-corrected chi connectivity index (χ3v) is 5.71. The first-order valence-electron chi connectivity index (χ1n) is 8.72. The van der Waals surface area contributed by atoms with Crippen molar-refractivity contribution in [2.45, 2.75) is 77.0 Å². The lowest BCUT2D eigenvalue weighted by Gasteiger charge is -2.30. The SMILES string of the molecule is Cc1c(C2CCC(C)O2)nn2c1NCCC2C1CCCC1. The Balaban J connectivity index is 1.66. The highest BCUT2D eigenvalue weighted by atomic mass is 16.5. The van der Waals surface area contributed by atoms with Gasteiger partial charge >= 0.3 is 0 Å². The molecule has 0 amide bonds. The molecule has 3 aliphatic rings. The number of ether oxygens (including phenoxy) is 1.